The van der Waals surface area contributed by atoms with Crippen LogP contribution in [0.3, 0.4) is 0 Å². The number of carbonyl (C=O) groups is 1. The first-order valence-electron chi connectivity index (χ1n) is 8.42. The summed E-state index contributed by atoms with van der Waals surface area (Å²) in [4.78, 5) is 12.1. The van der Waals surface area contributed by atoms with Crippen LogP contribution in [-0.4, -0.2) is 15.7 Å². The maximum Gasteiger partial charge on any atom is 0.220 e. The summed E-state index contributed by atoms with van der Waals surface area (Å²) in [6.45, 7) is 6.55. The van der Waals surface area contributed by atoms with Gasteiger partial charge in [0, 0.05) is 12.0 Å². The predicted molar refractivity (Wildman–Crippen MR) is 91.5 cm³/mol. The molecule has 1 aromatic carbocycles. The van der Waals surface area contributed by atoms with Crippen LogP contribution in [0.1, 0.15) is 57.3 Å². The van der Waals surface area contributed by atoms with Crippen LogP contribution < -0.4 is 5.32 Å². The SMILES string of the molecule is CCCC(=O)N[C@H]1CC(C)(C)Cc2c1cnn2-c1ccccc1. The molecule has 0 bridgehead atoms. The number of nitrogens with one attached hydrogen (secondary N) is 1. The van der Waals surface area contributed by atoms with Crippen molar-refractivity contribution in [3.05, 3.63) is 47.8 Å². The molecular formula is C19H25N3O. The van der Waals surface area contributed by atoms with Gasteiger partial charge >= 0.3 is 0 Å². The van der Waals surface area contributed by atoms with Crippen LogP contribution in [0.25, 0.3) is 5.69 Å². The Morgan fingerprint density at radius 2 is 2.09 bits per heavy atom. The number of aromatic nitrogens is 2. The molecule has 4 nitrogen and oxygen atoms in total. The Hall–Kier alpha value is -2.10. The first-order chi connectivity index (χ1) is 11.0. The zero-order valence-corrected chi connectivity index (χ0v) is 14.2. The third kappa shape index (κ3) is 3.31. The van der Waals surface area contributed by atoms with E-state index in [1.54, 1.807) is 0 Å². The van der Waals surface area contributed by atoms with E-state index in [4.69, 9.17) is 0 Å². The summed E-state index contributed by atoms with van der Waals surface area (Å²) in [5.41, 5.74) is 3.60. The molecule has 122 valence electrons. The number of hydrogen-bond donors (Lipinski definition) is 1. The molecule has 0 unspecified atom stereocenters. The summed E-state index contributed by atoms with van der Waals surface area (Å²) in [5.74, 6) is 0.133. The predicted octanol–water partition coefficient (Wildman–Crippen LogP) is 3.80. The van der Waals surface area contributed by atoms with Gasteiger partial charge in [-0.1, -0.05) is 39.0 Å². The molecule has 0 aliphatic heterocycles. The molecule has 1 aromatic heterocycles. The van der Waals surface area contributed by atoms with E-state index in [0.29, 0.717) is 6.42 Å². The Balaban J connectivity index is 1.96. The second kappa shape index (κ2) is 6.19. The van der Waals surface area contributed by atoms with E-state index in [1.165, 1.54) is 5.69 Å². The van der Waals surface area contributed by atoms with Crippen molar-refractivity contribution in [2.75, 3.05) is 0 Å². The summed E-state index contributed by atoms with van der Waals surface area (Å²) in [7, 11) is 0. The molecule has 0 saturated heterocycles. The molecular weight excluding hydrogens is 286 g/mol. The third-order valence-electron chi connectivity index (χ3n) is 4.49. The summed E-state index contributed by atoms with van der Waals surface area (Å²) in [5, 5.41) is 7.81. The first kappa shape index (κ1) is 15.8. The quantitative estimate of drug-likeness (QED) is 0.933. The maximum absolute atomic E-state index is 12.1. The Morgan fingerprint density at radius 3 is 2.78 bits per heavy atom. The van der Waals surface area contributed by atoms with E-state index in [9.17, 15) is 4.79 Å². The van der Waals surface area contributed by atoms with Crippen molar-refractivity contribution in [1.82, 2.24) is 15.1 Å². The minimum absolute atomic E-state index is 0.0604. The fraction of sp³-hybridized carbons (Fsp3) is 0.474. The van der Waals surface area contributed by atoms with Gasteiger partial charge in [0.1, 0.15) is 0 Å². The third-order valence-corrected chi connectivity index (χ3v) is 4.49. The molecule has 1 heterocycles. The Kier molecular flexibility index (Phi) is 4.24. The largest absolute Gasteiger partial charge is 0.349 e. The Morgan fingerprint density at radius 1 is 1.35 bits per heavy atom. The average molecular weight is 311 g/mol. The Labute approximate surface area is 137 Å². The van der Waals surface area contributed by atoms with Crippen LogP contribution in [0, 0.1) is 5.41 Å². The monoisotopic (exact) mass is 311 g/mol. The fourth-order valence-electron chi connectivity index (χ4n) is 3.46. The molecule has 1 aliphatic rings. The minimum Gasteiger partial charge on any atom is -0.349 e. The molecule has 2 aromatic rings. The molecule has 1 N–H and O–H groups in total. The minimum atomic E-state index is 0.0604. The van der Waals surface area contributed by atoms with Crippen molar-refractivity contribution >= 4 is 5.91 Å². The molecule has 1 aliphatic carbocycles. The molecule has 1 atom stereocenters. The number of fused-ring (bicyclic) bond motifs is 1. The van der Waals surface area contributed by atoms with Crippen molar-refractivity contribution in [1.29, 1.82) is 0 Å². The van der Waals surface area contributed by atoms with Crippen LogP contribution in [0.4, 0.5) is 0 Å². The number of para-hydroxylation sites is 1. The molecule has 4 heteroatoms. The maximum atomic E-state index is 12.1. The lowest BCUT2D eigenvalue weighted by Gasteiger charge is -2.36. The summed E-state index contributed by atoms with van der Waals surface area (Å²) < 4.78 is 2.02. The average Bonchev–Trinajstić information content (AvgIpc) is 2.90. The van der Waals surface area contributed by atoms with Gasteiger partial charge in [0.05, 0.1) is 23.6 Å². The van der Waals surface area contributed by atoms with Gasteiger partial charge in [-0.05, 0) is 36.8 Å². The van der Waals surface area contributed by atoms with E-state index in [2.05, 4.69) is 36.4 Å². The summed E-state index contributed by atoms with van der Waals surface area (Å²) >= 11 is 0. The van der Waals surface area contributed by atoms with Gasteiger partial charge in [-0.15, -0.1) is 0 Å². The van der Waals surface area contributed by atoms with Crippen molar-refractivity contribution in [2.24, 2.45) is 5.41 Å². The normalized spacial score (nSPS) is 19.2. The highest BCUT2D eigenvalue weighted by atomic mass is 16.1. The van der Waals surface area contributed by atoms with E-state index >= 15 is 0 Å². The zero-order chi connectivity index (χ0) is 16.4. The number of rotatable bonds is 4. The fourth-order valence-corrected chi connectivity index (χ4v) is 3.46. The summed E-state index contributed by atoms with van der Waals surface area (Å²) in [6, 6.07) is 10.3. The van der Waals surface area contributed by atoms with Gasteiger partial charge in [-0.25, -0.2) is 4.68 Å². The lowest BCUT2D eigenvalue weighted by molar-refractivity contribution is -0.122. The molecule has 23 heavy (non-hydrogen) atoms. The molecule has 0 spiro atoms. The van der Waals surface area contributed by atoms with Gasteiger partial charge in [0.2, 0.25) is 5.91 Å². The van der Waals surface area contributed by atoms with Crippen molar-refractivity contribution in [2.45, 2.75) is 52.5 Å². The summed E-state index contributed by atoms with van der Waals surface area (Å²) in [6.07, 6.45) is 5.30. The van der Waals surface area contributed by atoms with Gasteiger partial charge in [-0.3, -0.25) is 4.79 Å². The molecule has 1 amide bonds. The molecule has 0 saturated carbocycles. The lowest BCUT2D eigenvalue weighted by Crippen LogP contribution is -2.36. The van der Waals surface area contributed by atoms with Crippen molar-refractivity contribution < 1.29 is 4.79 Å². The smallest absolute Gasteiger partial charge is 0.220 e. The van der Waals surface area contributed by atoms with Crippen LogP contribution in [0.5, 0.6) is 0 Å². The zero-order valence-electron chi connectivity index (χ0n) is 14.2. The van der Waals surface area contributed by atoms with E-state index in [0.717, 1.165) is 30.5 Å². The van der Waals surface area contributed by atoms with Crippen LogP contribution >= 0.6 is 0 Å². The van der Waals surface area contributed by atoms with Gasteiger partial charge in [0.25, 0.3) is 0 Å². The number of nitrogens with zero attached hydrogens (tertiary/aromatic N) is 2. The molecule has 3 rings (SSSR count). The number of amides is 1. The molecule has 0 fully saturated rings. The van der Waals surface area contributed by atoms with E-state index in [-0.39, 0.29) is 17.4 Å². The number of benzene rings is 1. The highest BCUT2D eigenvalue weighted by Crippen LogP contribution is 2.41. The lowest BCUT2D eigenvalue weighted by atomic mass is 9.74. The molecule has 0 radical (unpaired) electrons. The van der Waals surface area contributed by atoms with E-state index in [1.807, 2.05) is 36.0 Å². The van der Waals surface area contributed by atoms with Gasteiger partial charge < -0.3 is 5.32 Å². The van der Waals surface area contributed by atoms with Crippen LogP contribution in [0.2, 0.25) is 0 Å². The number of carbonyl (C=O) groups excluding carboxylic acids is 1. The second-order valence-corrected chi connectivity index (χ2v) is 7.21. The second-order valence-electron chi connectivity index (χ2n) is 7.21. The highest BCUT2D eigenvalue weighted by Gasteiger charge is 2.35. The van der Waals surface area contributed by atoms with Crippen molar-refractivity contribution in [3.8, 4) is 5.69 Å². The van der Waals surface area contributed by atoms with Crippen LogP contribution in [-0.2, 0) is 11.2 Å². The standard InChI is InChI=1S/C19H25N3O/c1-4-8-18(23)21-16-11-19(2,3)12-17-15(16)13-20-22(17)14-9-6-5-7-10-14/h5-7,9-10,13,16H,4,8,11-12H2,1-3H3,(H,21,23)/t16-/m0/s1. The van der Waals surface area contributed by atoms with Gasteiger partial charge in [-0.2, -0.15) is 5.10 Å². The van der Waals surface area contributed by atoms with E-state index < -0.39 is 0 Å². The van der Waals surface area contributed by atoms with Crippen LogP contribution in [0.15, 0.2) is 36.5 Å². The first-order valence-corrected chi connectivity index (χ1v) is 8.42. The topological polar surface area (TPSA) is 46.9 Å². The number of hydrogen-bond acceptors (Lipinski definition) is 2. The van der Waals surface area contributed by atoms with Crippen molar-refractivity contribution in [3.63, 3.8) is 0 Å². The highest BCUT2D eigenvalue weighted by molar-refractivity contribution is 5.76. The Bertz CT molecular complexity index is 688. The van der Waals surface area contributed by atoms with Gasteiger partial charge in [0.15, 0.2) is 0 Å².